The summed E-state index contributed by atoms with van der Waals surface area (Å²) in [6.07, 6.45) is 3.08. The molecular formula is C13H23N3. The zero-order valence-electron chi connectivity index (χ0n) is 10.8. The lowest BCUT2D eigenvalue weighted by molar-refractivity contribution is 0.585. The molecular weight excluding hydrogens is 198 g/mol. The molecule has 3 nitrogen and oxygen atoms in total. The van der Waals surface area contributed by atoms with E-state index in [0.29, 0.717) is 0 Å². The van der Waals surface area contributed by atoms with Gasteiger partial charge in [-0.2, -0.15) is 0 Å². The molecule has 1 heterocycles. The molecule has 0 amide bonds. The van der Waals surface area contributed by atoms with Crippen LogP contribution in [0.5, 0.6) is 0 Å². The Morgan fingerprint density at radius 2 is 2.19 bits per heavy atom. The number of nitrogens with zero attached hydrogens (tertiary/aromatic N) is 2. The van der Waals surface area contributed by atoms with Crippen LogP contribution in [0.2, 0.25) is 0 Å². The number of nitrogens with one attached hydrogen (secondary N) is 1. The van der Waals surface area contributed by atoms with Crippen LogP contribution in [0.3, 0.4) is 0 Å². The minimum Gasteiger partial charge on any atom is -0.374 e. The van der Waals surface area contributed by atoms with Gasteiger partial charge in [0.1, 0.15) is 5.82 Å². The van der Waals surface area contributed by atoms with Crippen LogP contribution in [-0.2, 0) is 0 Å². The lowest BCUT2D eigenvalue weighted by atomic mass is 10.1. The van der Waals surface area contributed by atoms with Crippen molar-refractivity contribution in [2.24, 2.45) is 5.92 Å². The first-order chi connectivity index (χ1) is 7.63. The van der Waals surface area contributed by atoms with Gasteiger partial charge in [0.25, 0.3) is 0 Å². The van der Waals surface area contributed by atoms with Crippen molar-refractivity contribution in [1.82, 2.24) is 4.98 Å². The maximum Gasteiger partial charge on any atom is 0.127 e. The number of pyridine rings is 1. The zero-order chi connectivity index (χ0) is 12.0. The van der Waals surface area contributed by atoms with Gasteiger partial charge in [0.2, 0.25) is 0 Å². The summed E-state index contributed by atoms with van der Waals surface area (Å²) in [5.74, 6) is 1.70. The lowest BCUT2D eigenvalue weighted by Gasteiger charge is -2.20. The lowest BCUT2D eigenvalue weighted by Crippen LogP contribution is -2.20. The number of rotatable bonds is 6. The minimum absolute atomic E-state index is 0.748. The van der Waals surface area contributed by atoms with Crippen LogP contribution in [-0.4, -0.2) is 25.1 Å². The quantitative estimate of drug-likeness (QED) is 0.800. The second-order valence-corrected chi connectivity index (χ2v) is 4.53. The minimum atomic E-state index is 0.748. The second-order valence-electron chi connectivity index (χ2n) is 4.53. The molecule has 0 fully saturated rings. The summed E-state index contributed by atoms with van der Waals surface area (Å²) in [6, 6.07) is 4.16. The van der Waals surface area contributed by atoms with Crippen molar-refractivity contribution < 1.29 is 0 Å². The fourth-order valence-corrected chi connectivity index (χ4v) is 1.52. The van der Waals surface area contributed by atoms with E-state index in [1.165, 1.54) is 12.1 Å². The number of anilines is 2. The average Bonchev–Trinajstić information content (AvgIpc) is 2.26. The first-order valence-corrected chi connectivity index (χ1v) is 6.04. The molecule has 0 aliphatic carbocycles. The van der Waals surface area contributed by atoms with Crippen LogP contribution in [0.1, 0.15) is 27.2 Å². The predicted octanol–water partition coefficient (Wildman–Crippen LogP) is 3.00. The maximum atomic E-state index is 4.27. The van der Waals surface area contributed by atoms with E-state index in [-0.39, 0.29) is 0 Å². The van der Waals surface area contributed by atoms with E-state index in [1.807, 2.05) is 6.20 Å². The largest absolute Gasteiger partial charge is 0.374 e. The van der Waals surface area contributed by atoms with Gasteiger partial charge in [-0.15, -0.1) is 0 Å². The van der Waals surface area contributed by atoms with Crippen molar-refractivity contribution in [3.8, 4) is 0 Å². The SMILES string of the molecule is CCNc1cc(N(C)CCC(C)C)ccn1. The molecule has 0 spiro atoms. The smallest absolute Gasteiger partial charge is 0.127 e. The number of hydrogen-bond donors (Lipinski definition) is 1. The molecule has 3 heteroatoms. The molecule has 0 bridgehead atoms. The molecule has 0 radical (unpaired) electrons. The van der Waals surface area contributed by atoms with Crippen LogP contribution in [0.25, 0.3) is 0 Å². The third-order valence-corrected chi connectivity index (χ3v) is 2.58. The Bertz CT molecular complexity index is 310. The monoisotopic (exact) mass is 221 g/mol. The van der Waals surface area contributed by atoms with Crippen LogP contribution in [0.15, 0.2) is 18.3 Å². The van der Waals surface area contributed by atoms with Crippen molar-refractivity contribution in [2.75, 3.05) is 30.4 Å². The molecule has 1 N–H and O–H groups in total. The van der Waals surface area contributed by atoms with Gasteiger partial charge in [-0.3, -0.25) is 0 Å². The highest BCUT2D eigenvalue weighted by molar-refractivity contribution is 5.53. The van der Waals surface area contributed by atoms with Gasteiger partial charge in [0.15, 0.2) is 0 Å². The Labute approximate surface area is 98.9 Å². The summed E-state index contributed by atoms with van der Waals surface area (Å²) in [6.45, 7) is 8.59. The summed E-state index contributed by atoms with van der Waals surface area (Å²) >= 11 is 0. The van der Waals surface area contributed by atoms with Gasteiger partial charge in [-0.05, 0) is 25.3 Å². The van der Waals surface area contributed by atoms with Gasteiger partial charge < -0.3 is 10.2 Å². The van der Waals surface area contributed by atoms with Gasteiger partial charge in [-0.25, -0.2) is 4.98 Å². The van der Waals surface area contributed by atoms with Crippen molar-refractivity contribution in [2.45, 2.75) is 27.2 Å². The Morgan fingerprint density at radius 1 is 1.44 bits per heavy atom. The molecule has 0 aromatic carbocycles. The van der Waals surface area contributed by atoms with E-state index in [9.17, 15) is 0 Å². The van der Waals surface area contributed by atoms with Crippen LogP contribution in [0.4, 0.5) is 11.5 Å². The summed E-state index contributed by atoms with van der Waals surface area (Å²) < 4.78 is 0. The summed E-state index contributed by atoms with van der Waals surface area (Å²) in [4.78, 5) is 6.55. The molecule has 0 unspecified atom stereocenters. The third-order valence-electron chi connectivity index (χ3n) is 2.58. The summed E-state index contributed by atoms with van der Waals surface area (Å²) in [5.41, 5.74) is 1.23. The fraction of sp³-hybridized carbons (Fsp3) is 0.615. The predicted molar refractivity (Wildman–Crippen MR) is 71.1 cm³/mol. The molecule has 1 aromatic heterocycles. The van der Waals surface area contributed by atoms with E-state index in [0.717, 1.165) is 24.8 Å². The van der Waals surface area contributed by atoms with Gasteiger partial charge >= 0.3 is 0 Å². The second kappa shape index (κ2) is 6.36. The molecule has 0 atom stereocenters. The van der Waals surface area contributed by atoms with Gasteiger partial charge in [0.05, 0.1) is 0 Å². The van der Waals surface area contributed by atoms with Crippen molar-refractivity contribution >= 4 is 11.5 Å². The Kier molecular flexibility index (Phi) is 5.09. The average molecular weight is 221 g/mol. The van der Waals surface area contributed by atoms with Gasteiger partial charge in [0, 0.05) is 38.1 Å². The highest BCUT2D eigenvalue weighted by atomic mass is 15.1. The van der Waals surface area contributed by atoms with E-state index in [4.69, 9.17) is 0 Å². The summed E-state index contributed by atoms with van der Waals surface area (Å²) in [5, 5.41) is 3.23. The molecule has 1 aromatic rings. The molecule has 0 saturated carbocycles. The fourth-order valence-electron chi connectivity index (χ4n) is 1.52. The Morgan fingerprint density at radius 3 is 2.81 bits per heavy atom. The topological polar surface area (TPSA) is 28.2 Å². The number of hydrogen-bond acceptors (Lipinski definition) is 3. The van der Waals surface area contributed by atoms with Crippen molar-refractivity contribution in [3.05, 3.63) is 18.3 Å². The Hall–Kier alpha value is -1.25. The van der Waals surface area contributed by atoms with Crippen molar-refractivity contribution in [1.29, 1.82) is 0 Å². The van der Waals surface area contributed by atoms with Gasteiger partial charge in [-0.1, -0.05) is 13.8 Å². The Balaban J connectivity index is 2.60. The van der Waals surface area contributed by atoms with Crippen molar-refractivity contribution in [3.63, 3.8) is 0 Å². The van der Waals surface area contributed by atoms with Crippen LogP contribution < -0.4 is 10.2 Å². The number of aromatic nitrogens is 1. The molecule has 0 saturated heterocycles. The molecule has 16 heavy (non-hydrogen) atoms. The van der Waals surface area contributed by atoms with E-state index in [1.54, 1.807) is 0 Å². The molecule has 1 rings (SSSR count). The summed E-state index contributed by atoms with van der Waals surface area (Å²) in [7, 11) is 2.13. The van der Waals surface area contributed by atoms with E-state index >= 15 is 0 Å². The van der Waals surface area contributed by atoms with Crippen LogP contribution >= 0.6 is 0 Å². The van der Waals surface area contributed by atoms with E-state index < -0.39 is 0 Å². The van der Waals surface area contributed by atoms with Crippen LogP contribution in [0, 0.1) is 5.92 Å². The third kappa shape index (κ3) is 4.09. The standard InChI is InChI=1S/C13H23N3/c1-5-14-13-10-12(6-8-15-13)16(4)9-7-11(2)3/h6,8,10-11H,5,7,9H2,1-4H3,(H,14,15). The molecule has 0 aliphatic heterocycles. The molecule has 90 valence electrons. The maximum absolute atomic E-state index is 4.27. The van der Waals surface area contributed by atoms with E-state index in [2.05, 4.69) is 55.2 Å². The molecule has 0 aliphatic rings. The highest BCUT2D eigenvalue weighted by Gasteiger charge is 2.03. The normalized spacial score (nSPS) is 10.6. The zero-order valence-corrected chi connectivity index (χ0v) is 10.8. The first-order valence-electron chi connectivity index (χ1n) is 6.04. The highest BCUT2D eigenvalue weighted by Crippen LogP contribution is 2.16. The first kappa shape index (κ1) is 12.8.